The maximum atomic E-state index is 6.99. The van der Waals surface area contributed by atoms with Gasteiger partial charge in [-0.1, -0.05) is 72.4 Å². The van der Waals surface area contributed by atoms with E-state index in [0.29, 0.717) is 41.8 Å². The lowest BCUT2D eigenvalue weighted by Crippen LogP contribution is -2.48. The average molecular weight is 629 g/mol. The van der Waals surface area contributed by atoms with Crippen molar-refractivity contribution in [2.45, 2.75) is 113 Å². The third kappa shape index (κ3) is 7.36. The maximum absolute atomic E-state index is 6.99. The molecule has 42 heavy (non-hydrogen) atoms. The second kappa shape index (κ2) is 12.5. The Balaban J connectivity index is 1.68. The summed E-state index contributed by atoms with van der Waals surface area (Å²) in [5.41, 5.74) is 1.27. The topological polar surface area (TPSA) is 80.5 Å². The molecule has 0 amide bonds. The average Bonchev–Trinajstić information content (AvgIpc) is 3.49. The Bertz CT molecular complexity index is 1370. The summed E-state index contributed by atoms with van der Waals surface area (Å²) >= 11 is 1.48. The van der Waals surface area contributed by atoms with Crippen LogP contribution in [0.3, 0.4) is 0 Å². The van der Waals surface area contributed by atoms with Gasteiger partial charge in [-0.2, -0.15) is 4.98 Å². The largest absolute Gasteiger partial charge is 0.472 e. The van der Waals surface area contributed by atoms with Crippen LogP contribution < -0.4 is 4.74 Å². The van der Waals surface area contributed by atoms with Crippen LogP contribution in [0.5, 0.6) is 5.88 Å². The Labute approximate surface area is 257 Å². The molecule has 1 aliphatic rings. The summed E-state index contributed by atoms with van der Waals surface area (Å²) in [5, 5.41) is 0.762. The van der Waals surface area contributed by atoms with Crippen LogP contribution in [0, 0.1) is 0 Å². The lowest BCUT2D eigenvalue weighted by atomic mass is 10.2. The van der Waals surface area contributed by atoms with Crippen molar-refractivity contribution in [3.05, 3.63) is 49.3 Å². The van der Waals surface area contributed by atoms with Crippen LogP contribution >= 0.6 is 11.8 Å². The number of imidazole rings is 1. The minimum absolute atomic E-state index is 0.0752. The third-order valence-electron chi connectivity index (χ3n) is 8.82. The van der Waals surface area contributed by atoms with Gasteiger partial charge < -0.3 is 18.3 Å². The predicted octanol–water partition coefficient (Wildman–Crippen LogP) is 8.24. The molecule has 3 atom stereocenters. The summed E-state index contributed by atoms with van der Waals surface area (Å²) in [4.78, 5) is 15.3. The fourth-order valence-corrected chi connectivity index (χ4v) is 7.30. The van der Waals surface area contributed by atoms with E-state index in [1.807, 2.05) is 34.9 Å². The summed E-state index contributed by atoms with van der Waals surface area (Å²) < 4.78 is 28.4. The van der Waals surface area contributed by atoms with E-state index in [1.165, 1.54) is 11.8 Å². The van der Waals surface area contributed by atoms with Crippen LogP contribution in [0.15, 0.2) is 59.4 Å². The van der Waals surface area contributed by atoms with Crippen molar-refractivity contribution in [1.29, 1.82) is 0 Å². The molecule has 1 fully saturated rings. The highest BCUT2D eigenvalue weighted by atomic mass is 32.2. The van der Waals surface area contributed by atoms with Crippen LogP contribution in [-0.2, 0) is 13.6 Å². The van der Waals surface area contributed by atoms with E-state index in [0.717, 1.165) is 4.90 Å². The Morgan fingerprint density at radius 1 is 1.02 bits per heavy atom. The Morgan fingerprint density at radius 3 is 2.31 bits per heavy atom. The zero-order valence-corrected chi connectivity index (χ0v) is 29.7. The molecular weight excluding hydrogens is 581 g/mol. The molecule has 0 spiro atoms. The van der Waals surface area contributed by atoms with E-state index in [2.05, 4.69) is 84.3 Å². The molecule has 4 rings (SSSR count). The number of hydrogen-bond acceptors (Lipinski definition) is 8. The number of ether oxygens (including phenoxy) is 2. The van der Waals surface area contributed by atoms with E-state index < -0.39 is 16.6 Å². The number of benzene rings is 1. The van der Waals surface area contributed by atoms with Gasteiger partial charge in [-0.25, -0.2) is 9.97 Å². The quantitative estimate of drug-likeness (QED) is 0.119. The summed E-state index contributed by atoms with van der Waals surface area (Å²) in [6.07, 6.45) is 3.54. The van der Waals surface area contributed by atoms with Crippen molar-refractivity contribution in [3.63, 3.8) is 0 Å². The summed E-state index contributed by atoms with van der Waals surface area (Å²) in [6, 6.07) is 10.1. The molecule has 3 aromatic rings. The van der Waals surface area contributed by atoms with Crippen molar-refractivity contribution in [2.75, 3.05) is 13.2 Å². The first-order chi connectivity index (χ1) is 19.5. The number of fused-ring (bicyclic) bond motifs is 1. The van der Waals surface area contributed by atoms with Crippen molar-refractivity contribution in [1.82, 2.24) is 19.5 Å². The molecule has 3 heterocycles. The highest BCUT2D eigenvalue weighted by Gasteiger charge is 2.47. The monoisotopic (exact) mass is 628 g/mol. The SMILES string of the molecule is C=CCOc1nc(Sc2ccccc2)nc2c1ncn2[C@H]1C[C@H](O[Si](C)(C)C(C)(C)C)[C@@H](CO[Si](C)(C)C(C)(C)C)O1. The second-order valence-electron chi connectivity index (χ2n) is 14.0. The van der Waals surface area contributed by atoms with Crippen molar-refractivity contribution < 1.29 is 18.3 Å². The lowest BCUT2D eigenvalue weighted by Gasteiger charge is -2.40. The molecule has 0 N–H and O–H groups in total. The fraction of sp³-hybridized carbons (Fsp3) is 0.581. The Morgan fingerprint density at radius 2 is 1.69 bits per heavy atom. The zero-order chi connectivity index (χ0) is 30.9. The number of hydrogen-bond donors (Lipinski definition) is 0. The van der Waals surface area contributed by atoms with Gasteiger partial charge in [-0.3, -0.25) is 4.57 Å². The molecule has 1 aromatic carbocycles. The van der Waals surface area contributed by atoms with Gasteiger partial charge in [0.25, 0.3) is 0 Å². The molecule has 11 heteroatoms. The number of aromatic nitrogens is 4. The van der Waals surface area contributed by atoms with Crippen molar-refractivity contribution >= 4 is 39.6 Å². The standard InChI is InChI=1S/C31H48N4O4SSi2/c1-12-18-36-28-26-27(33-29(34-28)40-22-16-14-13-15-17-22)35(21-32-26)25-19-23(39-42(10,11)31(5,6)7)24(38-25)20-37-41(8,9)30(2,3)4/h12-17,21,23-25H,1,18-20H2,2-11H3/t23-,24+,25+/m0/s1. The van der Waals surface area contributed by atoms with Crippen LogP contribution in [-0.4, -0.2) is 61.6 Å². The van der Waals surface area contributed by atoms with Gasteiger partial charge in [0.1, 0.15) is 18.9 Å². The highest BCUT2D eigenvalue weighted by molar-refractivity contribution is 7.99. The van der Waals surface area contributed by atoms with Gasteiger partial charge in [-0.05, 0) is 60.2 Å². The zero-order valence-electron chi connectivity index (χ0n) is 26.9. The van der Waals surface area contributed by atoms with Gasteiger partial charge in [0.2, 0.25) is 5.88 Å². The highest BCUT2D eigenvalue weighted by Crippen LogP contribution is 2.43. The Hall–Kier alpha value is -2.03. The molecule has 0 aliphatic carbocycles. The van der Waals surface area contributed by atoms with Gasteiger partial charge in [0, 0.05) is 11.3 Å². The molecule has 0 radical (unpaired) electrons. The van der Waals surface area contributed by atoms with Gasteiger partial charge >= 0.3 is 0 Å². The van der Waals surface area contributed by atoms with E-state index in [-0.39, 0.29) is 28.5 Å². The smallest absolute Gasteiger partial charge is 0.246 e. The molecule has 0 bridgehead atoms. The number of nitrogens with zero attached hydrogens (tertiary/aromatic N) is 4. The van der Waals surface area contributed by atoms with E-state index in [4.69, 9.17) is 23.3 Å². The third-order valence-corrected chi connectivity index (χ3v) is 18.7. The lowest BCUT2D eigenvalue weighted by molar-refractivity contribution is -0.0384. The van der Waals surface area contributed by atoms with E-state index >= 15 is 0 Å². The molecule has 2 aromatic heterocycles. The van der Waals surface area contributed by atoms with Crippen LogP contribution in [0.4, 0.5) is 0 Å². The minimum atomic E-state index is -2.07. The van der Waals surface area contributed by atoms with Gasteiger partial charge in [0.05, 0.1) is 19.0 Å². The first-order valence-corrected chi connectivity index (χ1v) is 21.3. The number of rotatable bonds is 11. The predicted molar refractivity (Wildman–Crippen MR) is 175 cm³/mol. The molecule has 1 saturated heterocycles. The molecule has 1 aliphatic heterocycles. The Kier molecular flexibility index (Phi) is 9.81. The maximum Gasteiger partial charge on any atom is 0.246 e. The van der Waals surface area contributed by atoms with E-state index in [1.54, 1.807) is 12.4 Å². The second-order valence-corrected chi connectivity index (χ2v) is 24.6. The van der Waals surface area contributed by atoms with Gasteiger partial charge in [-0.15, -0.1) is 0 Å². The normalized spacial score (nSPS) is 20.3. The summed E-state index contributed by atoms with van der Waals surface area (Å²) in [6.45, 7) is 27.3. The van der Waals surface area contributed by atoms with Crippen molar-refractivity contribution in [3.8, 4) is 5.88 Å². The first kappa shape index (κ1) is 32.9. The molecule has 0 saturated carbocycles. The minimum Gasteiger partial charge on any atom is -0.472 e. The first-order valence-electron chi connectivity index (χ1n) is 14.7. The summed E-state index contributed by atoms with van der Waals surface area (Å²) in [7, 11) is -4.06. The molecule has 8 nitrogen and oxygen atoms in total. The molecular formula is C31H48N4O4SSi2. The van der Waals surface area contributed by atoms with Gasteiger partial charge in [0.15, 0.2) is 33.0 Å². The van der Waals surface area contributed by atoms with Crippen molar-refractivity contribution in [2.24, 2.45) is 0 Å². The fourth-order valence-electron chi connectivity index (χ4n) is 4.17. The van der Waals surface area contributed by atoms with Crippen LogP contribution in [0.25, 0.3) is 11.2 Å². The van der Waals surface area contributed by atoms with Crippen LogP contribution in [0.1, 0.15) is 54.2 Å². The molecule has 0 unspecified atom stereocenters. The van der Waals surface area contributed by atoms with Crippen LogP contribution in [0.2, 0.25) is 36.3 Å². The summed E-state index contributed by atoms with van der Waals surface area (Å²) in [5.74, 6) is 0.432. The molecule has 230 valence electrons. The van der Waals surface area contributed by atoms with E-state index in [9.17, 15) is 0 Å².